The molecular weight excluding hydrogens is 444 g/mol. The Labute approximate surface area is 204 Å². The minimum Gasteiger partial charge on any atom is -0.468 e. The topological polar surface area (TPSA) is 58.5 Å². The minimum absolute atomic E-state index is 0.481. The smallest absolute Gasteiger partial charge is 0.126 e. The van der Waals surface area contributed by atoms with E-state index in [4.69, 9.17) is 18.8 Å². The molecule has 4 aromatic rings. The van der Waals surface area contributed by atoms with Crippen molar-refractivity contribution in [2.24, 2.45) is 5.92 Å². The summed E-state index contributed by atoms with van der Waals surface area (Å²) in [5.41, 5.74) is 2.28. The van der Waals surface area contributed by atoms with Crippen LogP contribution in [0.2, 0.25) is 0 Å². The summed E-state index contributed by atoms with van der Waals surface area (Å²) in [6.45, 7) is 6.86. The first kappa shape index (κ1) is 21.8. The highest BCUT2D eigenvalue weighted by Gasteiger charge is 2.42. The molecule has 3 saturated heterocycles. The van der Waals surface area contributed by atoms with E-state index < -0.39 is 0 Å². The number of hydrogen-bond donors (Lipinski definition) is 0. The van der Waals surface area contributed by atoms with Crippen LogP contribution in [0.4, 0.5) is 0 Å². The van der Waals surface area contributed by atoms with Crippen LogP contribution in [0.1, 0.15) is 41.8 Å². The number of hydrogen-bond acceptors (Lipinski definition) is 7. The van der Waals surface area contributed by atoms with Crippen LogP contribution in [0.15, 0.2) is 69.2 Å². The second kappa shape index (κ2) is 9.49. The van der Waals surface area contributed by atoms with Crippen LogP contribution in [-0.2, 0) is 13.1 Å². The molecule has 4 atom stereocenters. The number of nitrogens with zero attached hydrogens (tertiary/aromatic N) is 4. The van der Waals surface area contributed by atoms with Crippen molar-refractivity contribution < 1.29 is 8.83 Å². The van der Waals surface area contributed by atoms with Gasteiger partial charge in [-0.2, -0.15) is 0 Å². The van der Waals surface area contributed by atoms with Gasteiger partial charge in [0.15, 0.2) is 0 Å². The standard InChI is InChI=1S/C27H30N4O2S/c1-19-28-25(14-26(29-19)27-7-4-12-34-27)24-18-31-9-8-20(24)13-21(31)15-30(16-22-5-2-10-32-22)17-23-6-3-11-33-23/h2-7,10-12,14,20-21,24H,8-9,13,15-18H2,1H3/t20-,21+,24+/m0/s1. The Hall–Kier alpha value is -2.74. The number of fused-ring (bicyclic) bond motifs is 3. The molecule has 0 aromatic carbocycles. The zero-order chi connectivity index (χ0) is 22.9. The molecule has 1 unspecified atom stereocenters. The summed E-state index contributed by atoms with van der Waals surface area (Å²) in [6.07, 6.45) is 5.96. The summed E-state index contributed by atoms with van der Waals surface area (Å²) in [5, 5.41) is 2.11. The Bertz CT molecular complexity index is 1150. The molecule has 3 fully saturated rings. The number of thiophene rings is 1. The monoisotopic (exact) mass is 474 g/mol. The number of piperidine rings is 3. The number of furan rings is 2. The van der Waals surface area contributed by atoms with E-state index >= 15 is 0 Å². The molecule has 2 bridgehead atoms. The predicted molar refractivity (Wildman–Crippen MR) is 132 cm³/mol. The van der Waals surface area contributed by atoms with Crippen LogP contribution in [-0.4, -0.2) is 45.4 Å². The Morgan fingerprint density at radius 2 is 1.85 bits per heavy atom. The molecular formula is C27H30N4O2S. The van der Waals surface area contributed by atoms with E-state index in [1.54, 1.807) is 23.9 Å². The Kier molecular flexibility index (Phi) is 6.07. The maximum absolute atomic E-state index is 5.66. The maximum atomic E-state index is 5.66. The molecule has 3 aliphatic rings. The molecule has 0 saturated carbocycles. The van der Waals surface area contributed by atoms with E-state index in [0.29, 0.717) is 17.9 Å². The van der Waals surface area contributed by atoms with Crippen LogP contribution in [0.5, 0.6) is 0 Å². The average molecular weight is 475 g/mol. The van der Waals surface area contributed by atoms with E-state index in [1.807, 2.05) is 19.1 Å². The van der Waals surface area contributed by atoms with Crippen molar-refractivity contribution in [2.75, 3.05) is 19.6 Å². The summed E-state index contributed by atoms with van der Waals surface area (Å²) >= 11 is 1.74. The van der Waals surface area contributed by atoms with Crippen molar-refractivity contribution in [1.82, 2.24) is 19.8 Å². The maximum Gasteiger partial charge on any atom is 0.126 e. The van der Waals surface area contributed by atoms with E-state index in [1.165, 1.54) is 30.0 Å². The van der Waals surface area contributed by atoms with E-state index in [0.717, 1.165) is 49.2 Å². The van der Waals surface area contributed by atoms with Crippen LogP contribution in [0.25, 0.3) is 10.6 Å². The van der Waals surface area contributed by atoms with Gasteiger partial charge in [0.25, 0.3) is 0 Å². The van der Waals surface area contributed by atoms with Gasteiger partial charge in [-0.1, -0.05) is 6.07 Å². The number of aromatic nitrogens is 2. The van der Waals surface area contributed by atoms with Gasteiger partial charge in [0.2, 0.25) is 0 Å². The fraction of sp³-hybridized carbons (Fsp3) is 0.407. The van der Waals surface area contributed by atoms with Crippen molar-refractivity contribution >= 4 is 11.3 Å². The predicted octanol–water partition coefficient (Wildman–Crippen LogP) is 5.58. The summed E-state index contributed by atoms with van der Waals surface area (Å²) in [5.74, 6) is 4.01. The molecule has 3 aliphatic heterocycles. The third-order valence-corrected chi connectivity index (χ3v) is 8.17. The Morgan fingerprint density at radius 3 is 2.47 bits per heavy atom. The van der Waals surface area contributed by atoms with Gasteiger partial charge in [-0.25, -0.2) is 9.97 Å². The lowest BCUT2D eigenvalue weighted by Gasteiger charge is -2.50. The van der Waals surface area contributed by atoms with Crippen LogP contribution in [0.3, 0.4) is 0 Å². The second-order valence-corrected chi connectivity index (χ2v) is 10.5. The average Bonchev–Trinajstić information content (AvgIpc) is 3.63. The third-order valence-electron chi connectivity index (χ3n) is 7.28. The number of rotatable bonds is 8. The highest BCUT2D eigenvalue weighted by molar-refractivity contribution is 7.13. The van der Waals surface area contributed by atoms with Gasteiger partial charge in [-0.05, 0) is 74.0 Å². The molecule has 0 amide bonds. The fourth-order valence-corrected chi connectivity index (χ4v) is 6.41. The molecule has 176 valence electrons. The van der Waals surface area contributed by atoms with Crippen molar-refractivity contribution in [1.29, 1.82) is 0 Å². The largest absolute Gasteiger partial charge is 0.468 e. The lowest BCUT2D eigenvalue weighted by Crippen LogP contribution is -2.56. The summed E-state index contributed by atoms with van der Waals surface area (Å²) in [4.78, 5) is 16.0. The van der Waals surface area contributed by atoms with Gasteiger partial charge in [-0.3, -0.25) is 9.80 Å². The van der Waals surface area contributed by atoms with E-state index in [-0.39, 0.29) is 0 Å². The summed E-state index contributed by atoms with van der Waals surface area (Å²) in [7, 11) is 0. The summed E-state index contributed by atoms with van der Waals surface area (Å²) < 4.78 is 11.3. The normalized spacial score (nSPS) is 24.2. The van der Waals surface area contributed by atoms with E-state index in [2.05, 4.69) is 45.5 Å². The van der Waals surface area contributed by atoms with Gasteiger partial charge in [0.1, 0.15) is 17.3 Å². The zero-order valence-corrected chi connectivity index (χ0v) is 20.3. The third kappa shape index (κ3) is 4.60. The first-order valence-corrected chi connectivity index (χ1v) is 13.0. The molecule has 7 rings (SSSR count). The lowest BCUT2D eigenvalue weighted by atomic mass is 9.74. The van der Waals surface area contributed by atoms with Crippen molar-refractivity contribution in [3.05, 3.63) is 83.4 Å². The zero-order valence-electron chi connectivity index (χ0n) is 19.5. The Balaban J connectivity index is 1.18. The van der Waals surface area contributed by atoms with Gasteiger partial charge in [0, 0.05) is 30.7 Å². The molecule has 6 nitrogen and oxygen atoms in total. The van der Waals surface area contributed by atoms with Crippen LogP contribution < -0.4 is 0 Å². The van der Waals surface area contributed by atoms with Crippen molar-refractivity contribution in [3.63, 3.8) is 0 Å². The van der Waals surface area contributed by atoms with Crippen LogP contribution >= 0.6 is 11.3 Å². The van der Waals surface area contributed by atoms with Crippen molar-refractivity contribution in [2.45, 2.75) is 44.8 Å². The van der Waals surface area contributed by atoms with Gasteiger partial charge in [0.05, 0.1) is 36.2 Å². The second-order valence-electron chi connectivity index (χ2n) is 9.57. The quantitative estimate of drug-likeness (QED) is 0.332. The molecule has 7 heterocycles. The first-order valence-electron chi connectivity index (χ1n) is 12.1. The molecule has 0 radical (unpaired) electrons. The highest BCUT2D eigenvalue weighted by Crippen LogP contribution is 2.42. The SMILES string of the molecule is Cc1nc(-c2cccs2)cc([C@@H]2CN3CC[C@H]2C[C@@H]3CN(Cc2ccco2)Cc2ccco2)n1. The molecule has 0 N–H and O–H groups in total. The van der Waals surface area contributed by atoms with Gasteiger partial charge in [-0.15, -0.1) is 11.3 Å². The van der Waals surface area contributed by atoms with E-state index in [9.17, 15) is 0 Å². The highest BCUT2D eigenvalue weighted by atomic mass is 32.1. The molecule has 4 aromatic heterocycles. The molecule has 34 heavy (non-hydrogen) atoms. The van der Waals surface area contributed by atoms with Crippen molar-refractivity contribution in [3.8, 4) is 10.6 Å². The molecule has 0 spiro atoms. The minimum atomic E-state index is 0.481. The van der Waals surface area contributed by atoms with Gasteiger partial charge < -0.3 is 8.83 Å². The Morgan fingerprint density at radius 1 is 1.06 bits per heavy atom. The number of aryl methyl sites for hydroxylation is 1. The molecule has 7 heteroatoms. The van der Waals surface area contributed by atoms with Gasteiger partial charge >= 0.3 is 0 Å². The van der Waals surface area contributed by atoms with Crippen LogP contribution in [0, 0.1) is 12.8 Å². The summed E-state index contributed by atoms with van der Waals surface area (Å²) in [6, 6.07) is 15.1. The molecule has 0 aliphatic carbocycles. The first-order chi connectivity index (χ1) is 16.7. The fourth-order valence-electron chi connectivity index (χ4n) is 5.72. The lowest BCUT2D eigenvalue weighted by molar-refractivity contribution is 0.00651.